The molecule has 0 fully saturated rings. The molecule has 11 rings (SSSR count). The van der Waals surface area contributed by atoms with Crippen molar-refractivity contribution in [2.24, 2.45) is 11.5 Å². The molecule has 0 bridgehead atoms. The van der Waals surface area contributed by atoms with E-state index in [0.29, 0.717) is 39.7 Å². The molecule has 143 heavy (non-hydrogen) atoms. The van der Waals surface area contributed by atoms with E-state index >= 15 is 0 Å². The summed E-state index contributed by atoms with van der Waals surface area (Å²) in [4.78, 5) is 119. The van der Waals surface area contributed by atoms with E-state index < -0.39 is 165 Å². The number of hydrogen-bond acceptors (Lipinski definition) is 29. The van der Waals surface area contributed by atoms with Gasteiger partial charge in [-0.25, -0.2) is 89.2 Å². The van der Waals surface area contributed by atoms with Gasteiger partial charge in [0.15, 0.2) is 0 Å². The number of nitrogens with zero attached hydrogens (tertiary/aromatic N) is 8. The van der Waals surface area contributed by atoms with Gasteiger partial charge >= 0.3 is 18.3 Å². The lowest BCUT2D eigenvalue weighted by molar-refractivity contribution is -0.385. The maximum atomic E-state index is 13.9. The molecular weight excluding hydrogens is 2050 g/mol. The molecule has 0 atom stereocenters. The zero-order valence-corrected chi connectivity index (χ0v) is 84.0. The van der Waals surface area contributed by atoms with Crippen molar-refractivity contribution in [3.8, 4) is 5.69 Å². The Morgan fingerprint density at radius 3 is 1.10 bits per heavy atom. The number of ether oxygens (including phenoxy) is 3. The number of halogens is 9. The fraction of sp³-hybridized carbons (Fsp3) is 0.315. The molecule has 0 spiro atoms. The first-order chi connectivity index (χ1) is 66.1. The number of hydrogen-bond donors (Lipinski definition) is 6. The van der Waals surface area contributed by atoms with Crippen LogP contribution in [0, 0.1) is 98.2 Å². The minimum atomic E-state index is -4.02. The summed E-state index contributed by atoms with van der Waals surface area (Å²) in [5.41, 5.74) is 18.2. The number of carbonyl (C=O) groups is 6. The van der Waals surface area contributed by atoms with Crippen LogP contribution in [0.25, 0.3) is 5.69 Å². The summed E-state index contributed by atoms with van der Waals surface area (Å²) in [6.45, 7) is 24.0. The highest BCUT2D eigenvalue weighted by atomic mass is 79.9. The van der Waals surface area contributed by atoms with Crippen molar-refractivity contribution < 1.29 is 124 Å². The number of aryl methyl sites for hydroxylation is 4. The average Bonchev–Trinajstić information content (AvgIpc) is 1.66. The van der Waals surface area contributed by atoms with Crippen LogP contribution < -0.4 is 31.4 Å². The molecule has 1 aliphatic rings. The fourth-order valence-electron chi connectivity index (χ4n) is 11.3. The van der Waals surface area contributed by atoms with E-state index in [-0.39, 0.29) is 117 Å². The molecule has 0 saturated heterocycles. The molecule has 39 nitrogen and oxygen atoms in total. The molecule has 5 amide bonds. The number of amides is 5. The van der Waals surface area contributed by atoms with E-state index in [1.807, 2.05) is 28.9 Å². The molecule has 9 aromatic carbocycles. The van der Waals surface area contributed by atoms with E-state index in [2.05, 4.69) is 47.9 Å². The molecule has 0 saturated carbocycles. The van der Waals surface area contributed by atoms with Crippen LogP contribution >= 0.6 is 27.5 Å². The first-order valence-electron chi connectivity index (χ1n) is 42.0. The third-order valence-corrected chi connectivity index (χ3v) is 22.7. The molecule has 2 heterocycles. The van der Waals surface area contributed by atoms with Crippen LogP contribution in [0.2, 0.25) is 5.02 Å². The number of carbonyl (C=O) groups excluding carboxylic acids is 6. The van der Waals surface area contributed by atoms with Gasteiger partial charge in [-0.2, -0.15) is 5.10 Å². The van der Waals surface area contributed by atoms with Crippen molar-refractivity contribution in [2.45, 2.75) is 170 Å². The first-order valence-corrected chi connectivity index (χ1v) is 48.4. The van der Waals surface area contributed by atoms with Gasteiger partial charge in [0.2, 0.25) is 30.1 Å². The van der Waals surface area contributed by atoms with Gasteiger partial charge in [0.1, 0.15) is 63.3 Å². The molecule has 772 valence electrons. The number of non-ortho nitro benzene ring substituents is 5. The molecule has 10 aromatic rings. The van der Waals surface area contributed by atoms with Crippen LogP contribution in [0.4, 0.5) is 79.2 Å². The largest absolute Gasteiger partial charge is 0.443 e. The third kappa shape index (κ3) is 42.5. The molecule has 1 aromatic heterocycles. The summed E-state index contributed by atoms with van der Waals surface area (Å²) < 4.78 is 186. The number of nitrogens with one attached hydrogen (secondary N) is 3. The Morgan fingerprint density at radius 2 is 0.783 bits per heavy atom. The summed E-state index contributed by atoms with van der Waals surface area (Å²) in [6, 6.07) is 40.8. The lowest BCUT2D eigenvalue weighted by atomic mass is 9.92. The van der Waals surface area contributed by atoms with Crippen molar-refractivity contribution in [3.05, 3.63) is 345 Å². The minimum absolute atomic E-state index is 0.00768. The monoisotopic (exact) mass is 2150 g/mol. The average molecular weight is 2150 g/mol. The Morgan fingerprint density at radius 1 is 0.441 bits per heavy atom. The number of rotatable bonds is 25. The molecule has 0 radical (unpaired) electrons. The van der Waals surface area contributed by atoms with Crippen molar-refractivity contribution in [1.29, 1.82) is 0 Å². The summed E-state index contributed by atoms with van der Waals surface area (Å²) in [5.74, 6) is -7.17. The van der Waals surface area contributed by atoms with Crippen molar-refractivity contribution in [1.82, 2.24) is 28.8 Å². The summed E-state index contributed by atoms with van der Waals surface area (Å²) >= 11 is 9.07. The number of benzene rings is 9. The zero-order valence-electron chi connectivity index (χ0n) is 79.2. The summed E-state index contributed by atoms with van der Waals surface area (Å²) in [7, 11) is -11.9. The lowest BCUT2D eigenvalue weighted by Crippen LogP contribution is -2.37. The number of fused-ring (bicyclic) bond motifs is 1. The number of alkyl halides is 1. The smallest absolute Gasteiger partial charge is 0.421 e. The van der Waals surface area contributed by atoms with Crippen molar-refractivity contribution in [2.75, 3.05) is 23.0 Å². The second-order valence-electron chi connectivity index (χ2n) is 34.4. The van der Waals surface area contributed by atoms with Crippen LogP contribution in [0.5, 0.6) is 0 Å². The van der Waals surface area contributed by atoms with Crippen LogP contribution in [0.15, 0.2) is 182 Å². The SMILES string of the molecule is CC(=O)Cc1ccc(CCS(=O)(=O)NC(=O)OC(C)(C)C)c(F)c1.CC(C)(C)OC(=O)NS(=O)(=O)CCc1ccc(N)cc1F.CC(C)(C)OC(=O)NS(=O)(=O)CCc1ccc([N+](=O)[O-])cc1F.CC(C)(C)c1cc(CN)n(-c2cccc(Cl)c2)n1.Cc1ccc([N+](=O)[O-])cc1F.NCc1ccc([N+](=O)[O-])cc1F.O=C1c2ccccc2C(=O)N1Cc1ccc([N+](=O)[O-])cc1F.O=[N+]([O-])c1ccc(CBr)c(F)c1. The number of nitro benzene ring substituents is 5. The molecule has 9 N–H and O–H groups in total. The van der Waals surface area contributed by atoms with Gasteiger partial charge in [0.25, 0.3) is 40.3 Å². The van der Waals surface area contributed by atoms with E-state index in [1.165, 1.54) is 85.8 Å². The predicted molar refractivity (Wildman–Crippen MR) is 519 cm³/mol. The van der Waals surface area contributed by atoms with Crippen LogP contribution in [-0.4, -0.2) is 134 Å². The van der Waals surface area contributed by atoms with Crippen LogP contribution in [-0.2, 0) is 105 Å². The van der Waals surface area contributed by atoms with Gasteiger partial charge in [-0.3, -0.25) is 69.9 Å². The molecule has 0 unspecified atom stereocenters. The molecule has 0 aliphatic carbocycles. The Hall–Kier alpha value is -14.3. The van der Waals surface area contributed by atoms with E-state index in [4.69, 9.17) is 43.0 Å². The van der Waals surface area contributed by atoms with Gasteiger partial charge in [0, 0.05) is 82.4 Å². The Balaban J connectivity index is 0.000000345. The zero-order chi connectivity index (χ0) is 109. The number of aromatic nitrogens is 2. The fourth-order valence-corrected chi connectivity index (χ4v) is 14.6. The highest BCUT2D eigenvalue weighted by molar-refractivity contribution is 9.08. The highest BCUT2D eigenvalue weighted by Gasteiger charge is 2.36. The van der Waals surface area contributed by atoms with E-state index in [9.17, 15) is 135 Å². The standard InChI is InChI=1S/C16H22FNO5S.C15H9FN2O4.C14H18ClN3.C13H17FN2O6S.C13H19FN2O4S.C7H5BrFNO2.C7H7FN2O2.C7H6FNO2/c1-11(19)9-12-5-6-13(14(17)10-12)7-8-24(21,22)18-15(20)23-16(2,3)4;16-13-7-10(18(21)22)6-5-9(13)8-17-14(19)11-3-1-2-4-12(11)15(17)20;1-14(2,3)13-8-12(9-16)18(17-13)11-6-4-5-10(15)7-11;1-13(2,3)22-12(17)15-23(20,21)7-6-9-4-5-10(16(18)19)8-11(9)14;1-13(2,3)20-12(17)16-21(18,19)7-6-9-4-5-10(15)8-11(9)14;8-4-5-1-2-6(10(11)12)3-7(5)9;8-7-3-6(10(11)12)2-1-5(7)4-9;1-5-2-3-6(9(10)11)4-7(5)8/h5-6,10H,7-9H2,1-4H3,(H,18,20);1-7H,8H2;4-8H,9,16H2,1-3H3;4-5,8H,6-7H2,1-3H3,(H,15,17);4-5,8H,6-7,15H2,1-3H3,(H,16,17);1-3H,4H2;1-3H,4,9H2;2-4H,1H3. The number of ketones is 1. The van der Waals surface area contributed by atoms with Gasteiger partial charge in [-0.05, 0) is 214 Å². The maximum absolute atomic E-state index is 13.9. The van der Waals surface area contributed by atoms with E-state index in [1.54, 1.807) is 102 Å². The Labute approximate surface area is 830 Å². The minimum Gasteiger partial charge on any atom is -0.443 e. The second-order valence-corrected chi connectivity index (χ2v) is 41.0. The van der Waals surface area contributed by atoms with Crippen LogP contribution in [0.3, 0.4) is 0 Å². The molecule has 1 aliphatic heterocycles. The number of imide groups is 1. The number of nitrogens with two attached hydrogens (primary N) is 3. The van der Waals surface area contributed by atoms with Gasteiger partial charge in [-0.1, -0.05) is 84.7 Å². The number of nitrogen functional groups attached to an aromatic ring is 1. The Bertz CT molecular complexity index is 6590. The second kappa shape index (κ2) is 53.5. The van der Waals surface area contributed by atoms with Gasteiger partial charge in [-0.15, -0.1) is 0 Å². The topological polar surface area (TPSA) is 583 Å². The summed E-state index contributed by atoms with van der Waals surface area (Å²) in [5, 5.41) is 57.2. The molecule has 51 heteroatoms. The molecular formula is C92H103BrClF7N14O25S3. The van der Waals surface area contributed by atoms with Crippen molar-refractivity contribution in [3.63, 3.8) is 0 Å². The van der Waals surface area contributed by atoms with Gasteiger partial charge < -0.3 is 31.4 Å². The van der Waals surface area contributed by atoms with Gasteiger partial charge in [0.05, 0.1) is 107 Å². The summed E-state index contributed by atoms with van der Waals surface area (Å²) in [6.07, 6.45) is -3.56. The highest BCUT2D eigenvalue weighted by Crippen LogP contribution is 2.30. The van der Waals surface area contributed by atoms with E-state index in [0.717, 1.165) is 70.5 Å². The maximum Gasteiger partial charge on any atom is 0.421 e. The predicted octanol–water partition coefficient (Wildman–Crippen LogP) is 18.0. The number of sulfonamides is 3. The normalized spacial score (nSPS) is 11.6. The number of anilines is 1. The quantitative estimate of drug-likeness (QED) is 0.00588. The first kappa shape index (κ1) is 121. The van der Waals surface area contributed by atoms with Crippen molar-refractivity contribution >= 4 is 128 Å². The Kier molecular flexibility index (Phi) is 45.3. The third-order valence-electron chi connectivity index (χ3n) is 18.2. The van der Waals surface area contributed by atoms with Crippen LogP contribution in [0.1, 0.15) is 167 Å². The number of nitro groups is 5. The lowest BCUT2D eigenvalue weighted by Gasteiger charge is -2.19. The number of Topliss-reactive ketones (excluding diaryl/α,β-unsaturated/α-hetero) is 1.